The lowest BCUT2D eigenvalue weighted by Gasteiger charge is -2.20. The van der Waals surface area contributed by atoms with Crippen molar-refractivity contribution in [2.24, 2.45) is 0 Å². The smallest absolute Gasteiger partial charge is 0.305 e. The quantitative estimate of drug-likeness (QED) is 0.638. The summed E-state index contributed by atoms with van der Waals surface area (Å²) in [7, 11) is -3.12. The molecule has 0 bridgehead atoms. The van der Waals surface area contributed by atoms with Crippen LogP contribution in [0.4, 0.5) is 0 Å². The van der Waals surface area contributed by atoms with Crippen LogP contribution in [0.5, 0.6) is 0 Å². The minimum Gasteiger partial charge on any atom is -0.305 e. The number of allylic oxidation sites excluding steroid dienone is 3. The van der Waals surface area contributed by atoms with Crippen LogP contribution in [-0.2, 0) is 13.6 Å². The van der Waals surface area contributed by atoms with E-state index < -0.39 is 7.60 Å². The highest BCUT2D eigenvalue weighted by molar-refractivity contribution is 8.01. The molecule has 0 saturated heterocycles. The summed E-state index contributed by atoms with van der Waals surface area (Å²) in [6.07, 6.45) is 7.25. The maximum Gasteiger partial charge on any atom is 0.362 e. The Morgan fingerprint density at radius 2 is 2.12 bits per heavy atom. The Kier molecular flexibility index (Phi) is 6.57. The Hall–Kier alpha value is -0.0200. The lowest BCUT2D eigenvalue weighted by Crippen LogP contribution is -2.00. The van der Waals surface area contributed by atoms with Gasteiger partial charge in [-0.05, 0) is 50.3 Å². The van der Waals surface area contributed by atoms with E-state index in [0.29, 0.717) is 13.2 Å². The van der Waals surface area contributed by atoms with Crippen LogP contribution < -0.4 is 0 Å². The maximum atomic E-state index is 12.7. The first kappa shape index (κ1) is 15.0. The van der Waals surface area contributed by atoms with E-state index in [2.05, 4.69) is 6.08 Å². The third-order valence-corrected chi connectivity index (χ3v) is 5.34. The molecule has 0 saturated carbocycles. The first-order valence-electron chi connectivity index (χ1n) is 6.00. The molecule has 5 heteroatoms. The summed E-state index contributed by atoms with van der Waals surface area (Å²) in [6, 6.07) is 0. The average Bonchev–Trinajstić information content (AvgIpc) is 2.79. The number of hydrogen-bond acceptors (Lipinski definition) is 4. The van der Waals surface area contributed by atoms with Crippen LogP contribution in [-0.4, -0.2) is 19.5 Å². The Labute approximate surface area is 108 Å². The number of rotatable bonds is 7. The number of hydrogen-bond donors (Lipinski definition) is 0. The van der Waals surface area contributed by atoms with E-state index in [1.165, 1.54) is 0 Å². The number of thioether (sulfide) groups is 1. The molecular weight excluding hydrogens is 255 g/mol. The van der Waals surface area contributed by atoms with Crippen molar-refractivity contribution in [1.29, 1.82) is 0 Å². The molecule has 0 aliphatic heterocycles. The second kappa shape index (κ2) is 7.42. The molecule has 98 valence electrons. The van der Waals surface area contributed by atoms with Crippen molar-refractivity contribution in [2.75, 3.05) is 19.5 Å². The molecule has 0 heterocycles. The van der Waals surface area contributed by atoms with Crippen molar-refractivity contribution in [2.45, 2.75) is 33.1 Å². The average molecular weight is 276 g/mol. The van der Waals surface area contributed by atoms with Crippen molar-refractivity contribution in [3.05, 3.63) is 22.4 Å². The summed E-state index contributed by atoms with van der Waals surface area (Å²) in [6.45, 7) is 4.48. The van der Waals surface area contributed by atoms with Crippen molar-refractivity contribution < 1.29 is 13.6 Å². The van der Waals surface area contributed by atoms with Gasteiger partial charge in [0.2, 0.25) is 0 Å². The van der Waals surface area contributed by atoms with E-state index in [9.17, 15) is 4.57 Å². The highest BCUT2D eigenvalue weighted by atomic mass is 32.2. The summed E-state index contributed by atoms with van der Waals surface area (Å²) >= 11 is 1.54. The normalized spacial score (nSPS) is 17.4. The third kappa shape index (κ3) is 3.99. The molecule has 17 heavy (non-hydrogen) atoms. The zero-order valence-electron chi connectivity index (χ0n) is 10.8. The summed E-state index contributed by atoms with van der Waals surface area (Å²) in [4.78, 5) is 0. The highest BCUT2D eigenvalue weighted by Crippen LogP contribution is 2.60. The predicted molar refractivity (Wildman–Crippen MR) is 74.4 cm³/mol. The molecule has 1 aliphatic rings. The van der Waals surface area contributed by atoms with Gasteiger partial charge in [-0.25, -0.2) is 0 Å². The van der Waals surface area contributed by atoms with E-state index in [0.717, 1.165) is 30.1 Å². The lowest BCUT2D eigenvalue weighted by molar-refractivity contribution is 0.227. The molecule has 0 radical (unpaired) electrons. The second-order valence-electron chi connectivity index (χ2n) is 3.69. The van der Waals surface area contributed by atoms with E-state index in [1.807, 2.05) is 25.5 Å². The third-order valence-electron chi connectivity index (χ3n) is 2.49. The summed E-state index contributed by atoms with van der Waals surface area (Å²) in [5.41, 5.74) is 1.13. The molecule has 3 nitrogen and oxygen atoms in total. The molecule has 1 rings (SSSR count). The van der Waals surface area contributed by atoms with Gasteiger partial charge in [-0.2, -0.15) is 0 Å². The van der Waals surface area contributed by atoms with Crippen LogP contribution >= 0.6 is 19.4 Å². The van der Waals surface area contributed by atoms with Gasteiger partial charge in [0.05, 0.1) is 18.5 Å². The molecule has 0 atom stereocenters. The fourth-order valence-corrected chi connectivity index (χ4v) is 4.64. The van der Waals surface area contributed by atoms with Crippen LogP contribution in [0.15, 0.2) is 22.4 Å². The highest BCUT2D eigenvalue weighted by Gasteiger charge is 2.32. The summed E-state index contributed by atoms with van der Waals surface area (Å²) in [5, 5.41) is 2.66. The van der Waals surface area contributed by atoms with Gasteiger partial charge < -0.3 is 9.05 Å². The van der Waals surface area contributed by atoms with Gasteiger partial charge in [-0.1, -0.05) is 6.08 Å². The van der Waals surface area contributed by atoms with Gasteiger partial charge in [-0.3, -0.25) is 4.57 Å². The zero-order valence-corrected chi connectivity index (χ0v) is 12.5. The van der Waals surface area contributed by atoms with E-state index in [4.69, 9.17) is 9.05 Å². The SMILES string of the molecule is CCOP(=O)(OCC)/C(=C\SC)C1=CCCC1. The van der Waals surface area contributed by atoms with Crippen molar-refractivity contribution in [1.82, 2.24) is 0 Å². The summed E-state index contributed by atoms with van der Waals surface area (Å²) < 4.78 is 23.5. The molecule has 0 aromatic carbocycles. The van der Waals surface area contributed by atoms with E-state index in [-0.39, 0.29) is 0 Å². The molecule has 0 spiro atoms. The molecule has 0 aromatic heterocycles. The van der Waals surface area contributed by atoms with E-state index >= 15 is 0 Å². The lowest BCUT2D eigenvalue weighted by atomic mass is 10.2. The van der Waals surface area contributed by atoms with Gasteiger partial charge in [0.1, 0.15) is 0 Å². The van der Waals surface area contributed by atoms with Crippen LogP contribution in [0.1, 0.15) is 33.1 Å². The molecule has 0 amide bonds. The van der Waals surface area contributed by atoms with Crippen molar-refractivity contribution in [3.63, 3.8) is 0 Å². The topological polar surface area (TPSA) is 35.5 Å². The molecule has 1 aliphatic carbocycles. The minimum absolute atomic E-state index is 0.399. The predicted octanol–water partition coefficient (Wildman–Crippen LogP) is 4.57. The van der Waals surface area contributed by atoms with Crippen molar-refractivity contribution in [3.8, 4) is 0 Å². The molecule has 0 aromatic rings. The van der Waals surface area contributed by atoms with Crippen molar-refractivity contribution >= 4 is 19.4 Å². The molecular formula is C12H21O3PS. The Morgan fingerprint density at radius 3 is 2.53 bits per heavy atom. The molecule has 0 N–H and O–H groups in total. The minimum atomic E-state index is -3.12. The van der Waals surface area contributed by atoms with Crippen LogP contribution in [0.2, 0.25) is 0 Å². The van der Waals surface area contributed by atoms with Gasteiger partial charge in [0.25, 0.3) is 0 Å². The first-order chi connectivity index (χ1) is 8.18. The van der Waals surface area contributed by atoms with E-state index in [1.54, 1.807) is 11.8 Å². The monoisotopic (exact) mass is 276 g/mol. The zero-order chi connectivity index (χ0) is 12.7. The Balaban J connectivity index is 3.01. The van der Waals surface area contributed by atoms with Crippen LogP contribution in [0, 0.1) is 0 Å². The van der Waals surface area contributed by atoms with Gasteiger partial charge in [0.15, 0.2) is 0 Å². The largest absolute Gasteiger partial charge is 0.362 e. The molecule has 0 fully saturated rings. The standard InChI is InChI=1S/C12H21O3PS/c1-4-14-16(13,15-5-2)12(10-17-3)11-8-6-7-9-11/h8,10H,4-7,9H2,1-3H3/b12-10-. The van der Waals surface area contributed by atoms with Gasteiger partial charge >= 0.3 is 7.60 Å². The van der Waals surface area contributed by atoms with Crippen LogP contribution in [0.3, 0.4) is 0 Å². The fraction of sp³-hybridized carbons (Fsp3) is 0.667. The first-order valence-corrected chi connectivity index (χ1v) is 8.83. The molecule has 0 unspecified atom stereocenters. The Morgan fingerprint density at radius 1 is 1.47 bits per heavy atom. The fourth-order valence-electron chi connectivity index (χ4n) is 1.85. The maximum absolute atomic E-state index is 12.7. The van der Waals surface area contributed by atoms with Gasteiger partial charge in [-0.15, -0.1) is 11.8 Å². The Bertz CT molecular complexity index is 340. The second-order valence-corrected chi connectivity index (χ2v) is 6.39. The van der Waals surface area contributed by atoms with Gasteiger partial charge in [0, 0.05) is 0 Å². The van der Waals surface area contributed by atoms with Crippen LogP contribution in [0.25, 0.3) is 0 Å². The summed E-state index contributed by atoms with van der Waals surface area (Å²) in [5.74, 6) is 0.